The molecule has 0 saturated carbocycles. The molecule has 0 amide bonds. The van der Waals surface area contributed by atoms with Gasteiger partial charge < -0.3 is 9.79 Å². The zero-order valence-corrected chi connectivity index (χ0v) is 20.7. The van der Waals surface area contributed by atoms with Crippen molar-refractivity contribution in [3.63, 3.8) is 0 Å². The first kappa shape index (κ1) is 30.4. The molecule has 0 saturated heterocycles. The molecule has 0 heterocycles. The van der Waals surface area contributed by atoms with Crippen molar-refractivity contribution < 1.29 is 47.4 Å². The molecule has 25 heavy (non-hydrogen) atoms. The van der Waals surface area contributed by atoms with Gasteiger partial charge in [0, 0.05) is 0 Å². The van der Waals surface area contributed by atoms with Crippen molar-refractivity contribution in [2.75, 3.05) is 13.2 Å². The molecular weight excluding hydrogens is 416 g/mol. The van der Waals surface area contributed by atoms with Gasteiger partial charge in [0.25, 0.3) is 0 Å². The normalized spacial score (nSPS) is 11.2. The largest absolute Gasteiger partial charge is 2.00 e. The summed E-state index contributed by atoms with van der Waals surface area (Å²) in [5.74, 6) is 0. The molecule has 0 rings (SSSR count). The summed E-state index contributed by atoms with van der Waals surface area (Å²) in [5.41, 5.74) is 0. The molecule has 0 aromatic rings. The average Bonchev–Trinajstić information content (AvgIpc) is 2.53. The maximum atomic E-state index is 9.95. The van der Waals surface area contributed by atoms with E-state index in [1.807, 2.05) is 0 Å². The van der Waals surface area contributed by atoms with Crippen molar-refractivity contribution in [2.24, 2.45) is 0 Å². The third-order valence-corrected chi connectivity index (χ3v) is 4.18. The van der Waals surface area contributed by atoms with Crippen LogP contribution >= 0.6 is 16.5 Å². The van der Waals surface area contributed by atoms with Gasteiger partial charge in [0.1, 0.15) is 13.2 Å². The molecule has 6 nitrogen and oxygen atoms in total. The SMILES string of the molecule is CCCCCCCCO[P+](=O)[O-].CCCCCCCCO[P+](=O)[O-].[Zn+2]. The summed E-state index contributed by atoms with van der Waals surface area (Å²) < 4.78 is 28.7. The predicted octanol–water partition coefficient (Wildman–Crippen LogP) is 4.76. The van der Waals surface area contributed by atoms with Crippen molar-refractivity contribution >= 4 is 16.5 Å². The summed E-state index contributed by atoms with van der Waals surface area (Å²) in [4.78, 5) is 19.9. The average molecular weight is 450 g/mol. The van der Waals surface area contributed by atoms with E-state index in [1.165, 1.54) is 51.4 Å². The van der Waals surface area contributed by atoms with Gasteiger partial charge in [0.15, 0.2) is 0 Å². The Hall–Kier alpha value is 0.663. The molecule has 0 fully saturated rings. The molecule has 0 aromatic heterocycles. The van der Waals surface area contributed by atoms with Crippen LogP contribution < -0.4 is 9.79 Å². The van der Waals surface area contributed by atoms with Crippen LogP contribution in [0.1, 0.15) is 90.9 Å². The van der Waals surface area contributed by atoms with E-state index in [1.54, 1.807) is 0 Å². The second-order valence-corrected chi connectivity index (χ2v) is 7.06. The minimum absolute atomic E-state index is 0. The number of rotatable bonds is 16. The zero-order chi connectivity index (χ0) is 18.5. The zero-order valence-electron chi connectivity index (χ0n) is 16.0. The van der Waals surface area contributed by atoms with Crippen LogP contribution in [0, 0.1) is 0 Å². The summed E-state index contributed by atoms with van der Waals surface area (Å²) in [5, 5.41) is 0. The van der Waals surface area contributed by atoms with E-state index in [0.717, 1.165) is 25.7 Å². The van der Waals surface area contributed by atoms with E-state index in [2.05, 4.69) is 22.9 Å². The standard InChI is InChI=1S/2C8H17O3P.Zn/c2*1-2-3-4-5-6-7-8-11-12(9)10;/h2*2-8H2,1H3;/q;;+2. The number of unbranched alkanes of at least 4 members (excludes halogenated alkanes) is 10. The summed E-state index contributed by atoms with van der Waals surface area (Å²) >= 11 is 0. The van der Waals surface area contributed by atoms with Crippen LogP contribution in [0.3, 0.4) is 0 Å². The van der Waals surface area contributed by atoms with E-state index < -0.39 is 16.5 Å². The first-order chi connectivity index (χ1) is 11.5. The molecule has 2 atom stereocenters. The topological polar surface area (TPSA) is 98.7 Å². The van der Waals surface area contributed by atoms with Crippen LogP contribution in [0.2, 0.25) is 0 Å². The van der Waals surface area contributed by atoms with Gasteiger partial charge in [-0.05, 0) is 22.0 Å². The van der Waals surface area contributed by atoms with Crippen molar-refractivity contribution in [3.8, 4) is 0 Å². The second kappa shape index (κ2) is 26.9. The van der Waals surface area contributed by atoms with E-state index in [-0.39, 0.29) is 19.5 Å². The summed E-state index contributed by atoms with van der Waals surface area (Å²) in [6.07, 6.45) is 13.8. The van der Waals surface area contributed by atoms with Crippen LogP contribution in [-0.4, -0.2) is 13.2 Å². The predicted molar refractivity (Wildman–Crippen MR) is 93.9 cm³/mol. The van der Waals surface area contributed by atoms with E-state index >= 15 is 0 Å². The summed E-state index contributed by atoms with van der Waals surface area (Å²) in [7, 11) is -5.26. The molecule has 9 heteroatoms. The van der Waals surface area contributed by atoms with Crippen molar-refractivity contribution in [3.05, 3.63) is 0 Å². The minimum Gasteiger partial charge on any atom is -0.566 e. The van der Waals surface area contributed by atoms with E-state index in [9.17, 15) is 18.9 Å². The number of hydrogen-bond donors (Lipinski definition) is 0. The van der Waals surface area contributed by atoms with Gasteiger partial charge in [-0.25, -0.2) is 0 Å². The van der Waals surface area contributed by atoms with Crippen molar-refractivity contribution in [2.45, 2.75) is 90.9 Å². The summed E-state index contributed by atoms with van der Waals surface area (Å²) in [6, 6.07) is 0. The Morgan fingerprint density at radius 1 is 0.600 bits per heavy atom. The van der Waals surface area contributed by atoms with Gasteiger partial charge in [-0.2, -0.15) is 0 Å². The molecular formula is C16H34O6P2Zn+2. The van der Waals surface area contributed by atoms with Crippen LogP contribution in [0.5, 0.6) is 0 Å². The molecule has 0 N–H and O–H groups in total. The smallest absolute Gasteiger partial charge is 0.566 e. The Balaban J connectivity index is -0.000000372. The molecule has 0 aliphatic heterocycles. The quantitative estimate of drug-likeness (QED) is 0.191. The fourth-order valence-electron chi connectivity index (χ4n) is 2.04. The second-order valence-electron chi connectivity index (χ2n) is 5.65. The Morgan fingerprint density at radius 2 is 0.880 bits per heavy atom. The maximum Gasteiger partial charge on any atom is 2.00 e. The Labute approximate surface area is 168 Å². The molecule has 144 valence electrons. The van der Waals surface area contributed by atoms with Gasteiger partial charge >= 0.3 is 36.0 Å². The van der Waals surface area contributed by atoms with Gasteiger partial charge in [-0.3, -0.25) is 0 Å². The van der Waals surface area contributed by atoms with Gasteiger partial charge in [-0.1, -0.05) is 78.1 Å². The van der Waals surface area contributed by atoms with E-state index in [0.29, 0.717) is 13.2 Å². The fourth-order valence-corrected chi connectivity index (χ4v) is 2.60. The summed E-state index contributed by atoms with van der Waals surface area (Å²) in [6.45, 7) is 5.05. The van der Waals surface area contributed by atoms with Crippen LogP contribution in [0.15, 0.2) is 0 Å². The fraction of sp³-hybridized carbons (Fsp3) is 1.00. The molecule has 0 radical (unpaired) electrons. The molecule has 0 aromatic carbocycles. The van der Waals surface area contributed by atoms with Crippen LogP contribution in [0.25, 0.3) is 0 Å². The molecule has 0 spiro atoms. The molecule has 0 aliphatic rings. The van der Waals surface area contributed by atoms with Gasteiger partial charge in [-0.15, -0.1) is 9.05 Å². The molecule has 2 unspecified atom stereocenters. The Bertz CT molecular complexity index is 268. The molecule has 0 bridgehead atoms. The number of hydrogen-bond acceptors (Lipinski definition) is 6. The van der Waals surface area contributed by atoms with Gasteiger partial charge in [0.05, 0.1) is 0 Å². The maximum absolute atomic E-state index is 9.95. The van der Waals surface area contributed by atoms with E-state index in [4.69, 9.17) is 0 Å². The van der Waals surface area contributed by atoms with Gasteiger partial charge in [0.2, 0.25) is 0 Å². The minimum atomic E-state index is -2.63. The Morgan fingerprint density at radius 3 is 1.16 bits per heavy atom. The third kappa shape index (κ3) is 36.4. The first-order valence-electron chi connectivity index (χ1n) is 9.09. The first-order valence-corrected chi connectivity index (χ1v) is 11.3. The van der Waals surface area contributed by atoms with Crippen molar-refractivity contribution in [1.82, 2.24) is 0 Å². The van der Waals surface area contributed by atoms with Crippen LogP contribution in [0.4, 0.5) is 0 Å². The monoisotopic (exact) mass is 448 g/mol. The Kier molecular flexibility index (Phi) is 32.7. The van der Waals surface area contributed by atoms with Crippen molar-refractivity contribution in [1.29, 1.82) is 0 Å². The van der Waals surface area contributed by atoms with Crippen LogP contribution in [-0.2, 0) is 37.7 Å². The molecule has 0 aliphatic carbocycles. The third-order valence-electron chi connectivity index (χ3n) is 3.39.